The molecule has 1 heterocycles. The molecule has 0 bridgehead atoms. The van der Waals surface area contributed by atoms with Crippen LogP contribution in [0.15, 0.2) is 35.4 Å². The van der Waals surface area contributed by atoms with E-state index in [2.05, 4.69) is 9.71 Å². The van der Waals surface area contributed by atoms with Crippen LogP contribution in [0.1, 0.15) is 28.8 Å². The van der Waals surface area contributed by atoms with Crippen molar-refractivity contribution in [2.45, 2.75) is 38.1 Å². The molecule has 0 radical (unpaired) electrons. The molecule has 0 aliphatic rings. The van der Waals surface area contributed by atoms with Crippen molar-refractivity contribution in [3.8, 4) is 5.75 Å². The summed E-state index contributed by atoms with van der Waals surface area (Å²) in [5.74, 6) is 0.787. The van der Waals surface area contributed by atoms with Crippen molar-refractivity contribution >= 4 is 15.9 Å². The molecule has 7 nitrogen and oxygen atoms in total. The topological polar surface area (TPSA) is 88.6 Å². The van der Waals surface area contributed by atoms with E-state index >= 15 is 0 Å². The van der Waals surface area contributed by atoms with Crippen LogP contribution < -0.4 is 9.46 Å². The molecule has 152 valence electrons. The lowest BCUT2D eigenvalue weighted by atomic mass is 10.1. The molecule has 0 aliphatic carbocycles. The van der Waals surface area contributed by atoms with Crippen LogP contribution in [0.2, 0.25) is 0 Å². The van der Waals surface area contributed by atoms with Gasteiger partial charge in [-0.3, -0.25) is 9.78 Å². The van der Waals surface area contributed by atoms with E-state index in [4.69, 9.17) is 4.74 Å². The Balaban J connectivity index is 1.98. The molecular weight excluding hydrogens is 378 g/mol. The van der Waals surface area contributed by atoms with Gasteiger partial charge < -0.3 is 9.64 Å². The molecule has 0 unspecified atom stereocenters. The van der Waals surface area contributed by atoms with Crippen molar-refractivity contribution in [3.63, 3.8) is 0 Å². The zero-order valence-corrected chi connectivity index (χ0v) is 17.8. The van der Waals surface area contributed by atoms with Crippen LogP contribution in [0, 0.1) is 13.8 Å². The van der Waals surface area contributed by atoms with Crippen LogP contribution in [-0.2, 0) is 27.8 Å². The Morgan fingerprint density at radius 3 is 2.43 bits per heavy atom. The predicted molar refractivity (Wildman–Crippen MR) is 108 cm³/mol. The number of rotatable bonds is 8. The Hall–Kier alpha value is -2.45. The number of carbonyl (C=O) groups excluding carboxylic acids is 1. The van der Waals surface area contributed by atoms with Gasteiger partial charge in [0.1, 0.15) is 5.75 Å². The van der Waals surface area contributed by atoms with Gasteiger partial charge in [0.2, 0.25) is 15.9 Å². The number of amides is 1. The fourth-order valence-corrected chi connectivity index (χ4v) is 3.67. The summed E-state index contributed by atoms with van der Waals surface area (Å²) >= 11 is 0. The van der Waals surface area contributed by atoms with Gasteiger partial charge in [0.15, 0.2) is 0 Å². The second kappa shape index (κ2) is 9.16. The van der Waals surface area contributed by atoms with E-state index in [0.29, 0.717) is 19.4 Å². The Labute approximate surface area is 166 Å². The Morgan fingerprint density at radius 1 is 1.21 bits per heavy atom. The lowest BCUT2D eigenvalue weighted by Crippen LogP contribution is -2.27. The maximum Gasteiger partial charge on any atom is 0.240 e. The van der Waals surface area contributed by atoms with Gasteiger partial charge in [0.25, 0.3) is 0 Å². The summed E-state index contributed by atoms with van der Waals surface area (Å²) < 4.78 is 31.2. The molecule has 1 aromatic carbocycles. The number of ether oxygens (including phenoxy) is 1. The summed E-state index contributed by atoms with van der Waals surface area (Å²) in [5.41, 5.74) is 3.60. The number of benzene rings is 1. The van der Waals surface area contributed by atoms with E-state index in [1.165, 1.54) is 7.05 Å². The molecule has 28 heavy (non-hydrogen) atoms. The summed E-state index contributed by atoms with van der Waals surface area (Å²) in [6.07, 6.45) is 2.61. The predicted octanol–water partition coefficient (Wildman–Crippen LogP) is 2.21. The zero-order chi connectivity index (χ0) is 20.9. The SMILES string of the molecule is CNS(=O)(=O)c1ccc(CCC(=O)N(C)Cc2ncc(C)c(OC)c2C)cc1. The minimum absolute atomic E-state index is 0.00679. The fourth-order valence-electron chi connectivity index (χ4n) is 2.94. The highest BCUT2D eigenvalue weighted by atomic mass is 32.2. The molecule has 1 N–H and O–H groups in total. The summed E-state index contributed by atoms with van der Waals surface area (Å²) in [4.78, 5) is 18.8. The molecule has 2 rings (SSSR count). The first kappa shape index (κ1) is 21.8. The van der Waals surface area contributed by atoms with Crippen LogP contribution >= 0.6 is 0 Å². The minimum Gasteiger partial charge on any atom is -0.496 e. The Kier molecular flexibility index (Phi) is 7.15. The van der Waals surface area contributed by atoms with E-state index in [9.17, 15) is 13.2 Å². The van der Waals surface area contributed by atoms with Crippen molar-refractivity contribution in [2.24, 2.45) is 0 Å². The second-order valence-electron chi connectivity index (χ2n) is 6.65. The minimum atomic E-state index is -3.45. The van der Waals surface area contributed by atoms with Crippen molar-refractivity contribution < 1.29 is 17.9 Å². The van der Waals surface area contributed by atoms with Gasteiger partial charge in [-0.05, 0) is 45.0 Å². The third kappa shape index (κ3) is 5.08. The standard InChI is InChI=1S/C20H27N3O4S/c1-14-12-22-18(15(2)20(14)27-5)13-23(4)19(24)11-8-16-6-9-17(10-7-16)28(25,26)21-3/h6-7,9-10,12,21H,8,11,13H2,1-5H3. The van der Waals surface area contributed by atoms with Gasteiger partial charge in [-0.25, -0.2) is 13.1 Å². The number of aryl methyl sites for hydroxylation is 2. The first-order valence-electron chi connectivity index (χ1n) is 8.95. The fraction of sp³-hybridized carbons (Fsp3) is 0.400. The maximum absolute atomic E-state index is 12.5. The molecule has 1 amide bonds. The molecule has 0 fully saturated rings. The lowest BCUT2D eigenvalue weighted by molar-refractivity contribution is -0.130. The number of aromatic nitrogens is 1. The van der Waals surface area contributed by atoms with Crippen LogP contribution in [0.25, 0.3) is 0 Å². The Bertz CT molecular complexity index is 941. The van der Waals surface area contributed by atoms with Gasteiger partial charge in [-0.1, -0.05) is 12.1 Å². The number of nitrogens with one attached hydrogen (secondary N) is 1. The van der Waals surface area contributed by atoms with E-state index in [1.54, 1.807) is 49.5 Å². The van der Waals surface area contributed by atoms with Gasteiger partial charge in [0, 0.05) is 30.8 Å². The van der Waals surface area contributed by atoms with Gasteiger partial charge in [-0.2, -0.15) is 0 Å². The van der Waals surface area contributed by atoms with Crippen LogP contribution in [-0.4, -0.2) is 45.4 Å². The van der Waals surface area contributed by atoms with E-state index in [0.717, 1.165) is 28.1 Å². The van der Waals surface area contributed by atoms with Gasteiger partial charge >= 0.3 is 0 Å². The quantitative estimate of drug-likeness (QED) is 0.727. The average molecular weight is 406 g/mol. The highest BCUT2D eigenvalue weighted by Crippen LogP contribution is 2.24. The Morgan fingerprint density at radius 2 is 1.86 bits per heavy atom. The third-order valence-corrected chi connectivity index (χ3v) is 6.12. The van der Waals surface area contributed by atoms with E-state index in [1.807, 2.05) is 13.8 Å². The van der Waals surface area contributed by atoms with E-state index in [-0.39, 0.29) is 10.8 Å². The van der Waals surface area contributed by atoms with Crippen molar-refractivity contribution in [3.05, 3.63) is 52.8 Å². The van der Waals surface area contributed by atoms with Gasteiger partial charge in [0.05, 0.1) is 24.2 Å². The second-order valence-corrected chi connectivity index (χ2v) is 8.53. The van der Waals surface area contributed by atoms with Crippen molar-refractivity contribution in [1.82, 2.24) is 14.6 Å². The number of nitrogens with zero attached hydrogens (tertiary/aromatic N) is 2. The molecule has 0 spiro atoms. The zero-order valence-electron chi connectivity index (χ0n) is 16.9. The molecule has 0 aliphatic heterocycles. The van der Waals surface area contributed by atoms with Crippen LogP contribution in [0.3, 0.4) is 0 Å². The molecular formula is C20H27N3O4S. The largest absolute Gasteiger partial charge is 0.496 e. The summed E-state index contributed by atoms with van der Waals surface area (Å²) in [6.45, 7) is 4.28. The van der Waals surface area contributed by atoms with E-state index < -0.39 is 10.0 Å². The van der Waals surface area contributed by atoms with Crippen LogP contribution in [0.5, 0.6) is 5.75 Å². The first-order valence-corrected chi connectivity index (χ1v) is 10.4. The average Bonchev–Trinajstić information content (AvgIpc) is 2.69. The highest BCUT2D eigenvalue weighted by molar-refractivity contribution is 7.89. The molecule has 8 heteroatoms. The molecule has 0 saturated carbocycles. The number of hydrogen-bond acceptors (Lipinski definition) is 5. The number of sulfonamides is 1. The maximum atomic E-state index is 12.5. The highest BCUT2D eigenvalue weighted by Gasteiger charge is 2.15. The van der Waals surface area contributed by atoms with Crippen LogP contribution in [0.4, 0.5) is 0 Å². The number of hydrogen-bond donors (Lipinski definition) is 1. The molecule has 2 aromatic rings. The summed E-state index contributed by atoms with van der Waals surface area (Å²) in [5, 5.41) is 0. The number of carbonyl (C=O) groups is 1. The molecule has 0 atom stereocenters. The lowest BCUT2D eigenvalue weighted by Gasteiger charge is -2.19. The first-order chi connectivity index (χ1) is 13.2. The molecule has 1 aromatic heterocycles. The van der Waals surface area contributed by atoms with Crippen molar-refractivity contribution in [1.29, 1.82) is 0 Å². The van der Waals surface area contributed by atoms with Gasteiger partial charge in [-0.15, -0.1) is 0 Å². The summed E-state index contributed by atoms with van der Waals surface area (Å²) in [6, 6.07) is 6.55. The van der Waals surface area contributed by atoms with Crippen molar-refractivity contribution in [2.75, 3.05) is 21.2 Å². The third-order valence-electron chi connectivity index (χ3n) is 4.69. The smallest absolute Gasteiger partial charge is 0.240 e. The number of methoxy groups -OCH3 is 1. The summed E-state index contributed by atoms with van der Waals surface area (Å²) in [7, 11) is 1.30. The normalized spacial score (nSPS) is 11.3. The monoisotopic (exact) mass is 405 g/mol. The molecule has 0 saturated heterocycles. The number of pyridine rings is 1.